The molecule has 12 heteroatoms. The lowest BCUT2D eigenvalue weighted by Crippen LogP contribution is -2.34. The van der Waals surface area contributed by atoms with E-state index in [2.05, 4.69) is 14.7 Å². The highest BCUT2D eigenvalue weighted by Gasteiger charge is 2.58. The fourth-order valence-corrected chi connectivity index (χ4v) is 4.39. The fourth-order valence-electron chi connectivity index (χ4n) is 4.39. The molecule has 2 N–H and O–H groups in total. The first-order valence-electron chi connectivity index (χ1n) is 9.72. The number of likely N-dealkylation sites (tertiary alicyclic amines) is 1. The zero-order valence-corrected chi connectivity index (χ0v) is 16.7. The molecule has 1 unspecified atom stereocenters. The predicted molar refractivity (Wildman–Crippen MR) is 99.2 cm³/mol. The van der Waals surface area contributed by atoms with Crippen LogP contribution in [0.2, 0.25) is 0 Å². The molecule has 2 aromatic heterocycles. The van der Waals surface area contributed by atoms with Crippen LogP contribution in [0.25, 0.3) is 11.3 Å². The summed E-state index contributed by atoms with van der Waals surface area (Å²) in [7, 11) is 0. The minimum atomic E-state index is -4.91. The van der Waals surface area contributed by atoms with Gasteiger partial charge < -0.3 is 15.0 Å². The van der Waals surface area contributed by atoms with Gasteiger partial charge in [0.2, 0.25) is 0 Å². The molecule has 3 heterocycles. The van der Waals surface area contributed by atoms with Crippen molar-refractivity contribution in [3.8, 4) is 17.0 Å². The third kappa shape index (κ3) is 4.58. The lowest BCUT2D eigenvalue weighted by molar-refractivity contribution is -0.274. The van der Waals surface area contributed by atoms with Gasteiger partial charge >= 0.3 is 12.5 Å². The van der Waals surface area contributed by atoms with Crippen molar-refractivity contribution >= 4 is 5.82 Å². The summed E-state index contributed by atoms with van der Waals surface area (Å²) in [4.78, 5) is 9.75. The molecule has 2 aromatic rings. The molecular formula is C19H21F6N5O. The number of hydrogen-bond donors (Lipinski definition) is 1. The van der Waals surface area contributed by atoms with Gasteiger partial charge in [0, 0.05) is 43.0 Å². The van der Waals surface area contributed by atoms with Crippen LogP contribution in [0.3, 0.4) is 0 Å². The molecular weight excluding hydrogens is 428 g/mol. The van der Waals surface area contributed by atoms with Crippen LogP contribution >= 0.6 is 0 Å². The van der Waals surface area contributed by atoms with Crippen LogP contribution in [0.15, 0.2) is 18.5 Å². The number of anilines is 1. The summed E-state index contributed by atoms with van der Waals surface area (Å²) >= 11 is 0. The third-order valence-electron chi connectivity index (χ3n) is 5.63. The SMILES string of the molecule is CC(C)c1nc(-c2cnc(N)c(OC(F)(F)F)c2)cn1C1[C@H]2CN(CC(F)(F)F)C[C@@H]12. The molecule has 0 bridgehead atoms. The Hall–Kier alpha value is -2.50. The van der Waals surface area contributed by atoms with Crippen molar-refractivity contribution in [3.63, 3.8) is 0 Å². The molecule has 0 amide bonds. The molecule has 2 fully saturated rings. The second-order valence-electron chi connectivity index (χ2n) is 8.33. The third-order valence-corrected chi connectivity index (χ3v) is 5.63. The van der Waals surface area contributed by atoms with Crippen molar-refractivity contribution in [2.75, 3.05) is 25.4 Å². The van der Waals surface area contributed by atoms with Crippen LogP contribution in [-0.2, 0) is 0 Å². The number of ether oxygens (including phenoxy) is 1. The number of nitrogens with two attached hydrogens (primary N) is 1. The molecule has 0 radical (unpaired) electrons. The number of fused-ring (bicyclic) bond motifs is 1. The van der Waals surface area contributed by atoms with Gasteiger partial charge in [-0.2, -0.15) is 13.2 Å². The van der Waals surface area contributed by atoms with Gasteiger partial charge in [0.05, 0.1) is 12.2 Å². The molecule has 3 atom stereocenters. The topological polar surface area (TPSA) is 69.2 Å². The first-order chi connectivity index (χ1) is 14.3. The van der Waals surface area contributed by atoms with Crippen LogP contribution in [-0.4, -0.2) is 51.6 Å². The number of halogens is 6. The van der Waals surface area contributed by atoms with Crippen LogP contribution in [0.1, 0.15) is 31.6 Å². The Morgan fingerprint density at radius 3 is 2.35 bits per heavy atom. The molecule has 1 saturated carbocycles. The molecule has 2 aliphatic rings. The second kappa shape index (κ2) is 7.28. The highest BCUT2D eigenvalue weighted by molar-refractivity contribution is 5.64. The molecule has 1 aliphatic carbocycles. The lowest BCUT2D eigenvalue weighted by Gasteiger charge is -2.22. The van der Waals surface area contributed by atoms with Crippen molar-refractivity contribution < 1.29 is 31.1 Å². The Kier molecular flexibility index (Phi) is 5.10. The minimum absolute atomic E-state index is 0.00833. The molecule has 0 spiro atoms. The highest BCUT2D eigenvalue weighted by atomic mass is 19.4. The van der Waals surface area contributed by atoms with E-state index in [9.17, 15) is 26.3 Å². The zero-order chi connectivity index (χ0) is 22.7. The van der Waals surface area contributed by atoms with Gasteiger partial charge in [-0.15, -0.1) is 13.2 Å². The highest BCUT2D eigenvalue weighted by Crippen LogP contribution is 2.56. The van der Waals surface area contributed by atoms with E-state index in [1.807, 2.05) is 18.4 Å². The van der Waals surface area contributed by atoms with Gasteiger partial charge in [-0.25, -0.2) is 9.97 Å². The van der Waals surface area contributed by atoms with Gasteiger partial charge in [0.1, 0.15) is 5.82 Å². The standard InChI is InChI=1S/C19H21F6N5O/c1-9(2)17-28-13(10-3-14(16(26)27-4-10)31-19(23,24)25)7-30(17)15-11-5-29(6-12(11)15)8-18(20,21)22/h3-4,7,9,11-12,15H,5-6,8H2,1-2H3,(H2,26,27)/t11-,12+,15?. The molecule has 0 aromatic carbocycles. The van der Waals surface area contributed by atoms with Crippen LogP contribution < -0.4 is 10.5 Å². The summed E-state index contributed by atoms with van der Waals surface area (Å²) in [6, 6.07) is 1.15. The Balaban J connectivity index is 1.57. The number of imidazole rings is 1. The van der Waals surface area contributed by atoms with Crippen molar-refractivity contribution in [2.45, 2.75) is 38.3 Å². The smallest absolute Gasteiger partial charge is 0.402 e. The summed E-state index contributed by atoms with van der Waals surface area (Å²) in [5.41, 5.74) is 6.20. The normalized spacial score (nSPS) is 24.0. The summed E-state index contributed by atoms with van der Waals surface area (Å²) in [5.74, 6) is -0.102. The van der Waals surface area contributed by atoms with E-state index >= 15 is 0 Å². The first-order valence-corrected chi connectivity index (χ1v) is 9.72. The number of nitrogen functional groups attached to an aromatic ring is 1. The summed E-state index contributed by atoms with van der Waals surface area (Å²) < 4.78 is 81.6. The molecule has 4 rings (SSSR count). The first kappa shape index (κ1) is 21.7. The quantitative estimate of drug-likeness (QED) is 0.693. The van der Waals surface area contributed by atoms with Crippen LogP contribution in [0, 0.1) is 11.8 Å². The number of hydrogen-bond acceptors (Lipinski definition) is 5. The molecule has 1 aliphatic heterocycles. The predicted octanol–water partition coefficient (Wildman–Crippen LogP) is 4.21. The maximum absolute atomic E-state index is 12.6. The average molecular weight is 449 g/mol. The van der Waals surface area contributed by atoms with Gasteiger partial charge in [-0.3, -0.25) is 4.90 Å². The summed E-state index contributed by atoms with van der Waals surface area (Å²) in [6.07, 6.45) is -6.11. The van der Waals surface area contributed by atoms with Gasteiger partial charge in [-0.05, 0) is 17.9 Å². The van der Waals surface area contributed by atoms with Crippen LogP contribution in [0.4, 0.5) is 32.2 Å². The van der Waals surface area contributed by atoms with Crippen molar-refractivity contribution in [1.82, 2.24) is 19.4 Å². The maximum Gasteiger partial charge on any atom is 0.573 e. The molecule has 6 nitrogen and oxygen atoms in total. The number of aromatic nitrogens is 3. The lowest BCUT2D eigenvalue weighted by atomic mass is 10.2. The summed E-state index contributed by atoms with van der Waals surface area (Å²) in [5, 5.41) is 0. The van der Waals surface area contributed by atoms with E-state index in [-0.39, 0.29) is 23.8 Å². The number of rotatable bonds is 5. The van der Waals surface area contributed by atoms with Gasteiger partial charge in [0.25, 0.3) is 0 Å². The monoisotopic (exact) mass is 449 g/mol. The number of alkyl halides is 6. The number of nitrogens with zero attached hydrogens (tertiary/aromatic N) is 4. The Morgan fingerprint density at radius 2 is 1.81 bits per heavy atom. The van der Waals surface area contributed by atoms with E-state index < -0.39 is 30.7 Å². The van der Waals surface area contributed by atoms with E-state index in [4.69, 9.17) is 5.73 Å². The number of pyridine rings is 1. The van der Waals surface area contributed by atoms with Gasteiger partial charge in [-0.1, -0.05) is 13.8 Å². The Labute approximate surface area is 174 Å². The molecule has 1 saturated heterocycles. The van der Waals surface area contributed by atoms with Crippen molar-refractivity contribution in [2.24, 2.45) is 11.8 Å². The largest absolute Gasteiger partial charge is 0.573 e. The van der Waals surface area contributed by atoms with Crippen molar-refractivity contribution in [3.05, 3.63) is 24.3 Å². The Morgan fingerprint density at radius 1 is 1.16 bits per heavy atom. The van der Waals surface area contributed by atoms with Crippen LogP contribution in [0.5, 0.6) is 5.75 Å². The summed E-state index contributed by atoms with van der Waals surface area (Å²) in [6.45, 7) is 3.64. The number of piperidine rings is 1. The second-order valence-corrected chi connectivity index (χ2v) is 8.33. The van der Waals surface area contributed by atoms with E-state index in [0.29, 0.717) is 30.2 Å². The molecule has 31 heavy (non-hydrogen) atoms. The van der Waals surface area contributed by atoms with Gasteiger partial charge in [0.15, 0.2) is 11.6 Å². The van der Waals surface area contributed by atoms with E-state index in [0.717, 1.165) is 6.07 Å². The fraction of sp³-hybridized carbons (Fsp3) is 0.579. The zero-order valence-electron chi connectivity index (χ0n) is 16.7. The molecule has 170 valence electrons. The Bertz CT molecular complexity index is 958. The maximum atomic E-state index is 12.6. The average Bonchev–Trinajstić information content (AvgIpc) is 2.97. The van der Waals surface area contributed by atoms with E-state index in [1.54, 1.807) is 6.20 Å². The van der Waals surface area contributed by atoms with Crippen molar-refractivity contribution in [1.29, 1.82) is 0 Å². The minimum Gasteiger partial charge on any atom is -0.402 e. The van der Waals surface area contributed by atoms with E-state index in [1.165, 1.54) is 11.1 Å².